The summed E-state index contributed by atoms with van der Waals surface area (Å²) in [5.74, 6) is -0.620. The highest BCUT2D eigenvalue weighted by Gasteiger charge is 2.30. The summed E-state index contributed by atoms with van der Waals surface area (Å²) >= 11 is 0. The average Bonchev–Trinajstić information content (AvgIpc) is 2.42. The summed E-state index contributed by atoms with van der Waals surface area (Å²) < 4.78 is 27.7. The van der Waals surface area contributed by atoms with Gasteiger partial charge in [0.2, 0.25) is 0 Å². The highest BCUT2D eigenvalue weighted by Crippen LogP contribution is 2.28. The maximum absolute atomic E-state index is 14.0. The van der Waals surface area contributed by atoms with E-state index in [1.54, 1.807) is 6.92 Å². The lowest BCUT2D eigenvalue weighted by Gasteiger charge is -2.45. The van der Waals surface area contributed by atoms with E-state index >= 15 is 0 Å². The van der Waals surface area contributed by atoms with Crippen LogP contribution in [0, 0.1) is 18.6 Å². The van der Waals surface area contributed by atoms with Crippen molar-refractivity contribution >= 4 is 5.69 Å². The molecule has 0 radical (unpaired) electrons. The largest absolute Gasteiger partial charge is 0.366 e. The molecule has 3 rings (SSSR count). The summed E-state index contributed by atoms with van der Waals surface area (Å²) in [6.45, 7) is 5.32. The molecule has 0 saturated carbocycles. The van der Waals surface area contributed by atoms with Gasteiger partial charge < -0.3 is 4.90 Å². The van der Waals surface area contributed by atoms with Crippen molar-refractivity contribution in [3.05, 3.63) is 29.3 Å². The van der Waals surface area contributed by atoms with Crippen molar-refractivity contribution in [2.45, 2.75) is 32.2 Å². The Kier molecular flexibility index (Phi) is 3.44. The van der Waals surface area contributed by atoms with Crippen molar-refractivity contribution in [3.8, 4) is 0 Å². The molecule has 2 aliphatic rings. The predicted molar refractivity (Wildman–Crippen MR) is 72.5 cm³/mol. The average molecular weight is 266 g/mol. The minimum Gasteiger partial charge on any atom is -0.366 e. The Morgan fingerprint density at radius 2 is 1.89 bits per heavy atom. The van der Waals surface area contributed by atoms with E-state index in [2.05, 4.69) is 4.90 Å². The van der Waals surface area contributed by atoms with Gasteiger partial charge in [0.15, 0.2) is 0 Å². The lowest BCUT2D eigenvalue weighted by atomic mass is 9.99. The second kappa shape index (κ2) is 5.08. The van der Waals surface area contributed by atoms with Gasteiger partial charge in [-0.15, -0.1) is 0 Å². The number of rotatable bonds is 1. The van der Waals surface area contributed by atoms with E-state index < -0.39 is 0 Å². The zero-order chi connectivity index (χ0) is 13.4. The van der Waals surface area contributed by atoms with Gasteiger partial charge in [0.05, 0.1) is 5.69 Å². The van der Waals surface area contributed by atoms with Gasteiger partial charge in [-0.3, -0.25) is 4.90 Å². The molecule has 1 unspecified atom stereocenters. The van der Waals surface area contributed by atoms with E-state index in [0.717, 1.165) is 26.2 Å². The van der Waals surface area contributed by atoms with Crippen molar-refractivity contribution in [2.75, 3.05) is 31.1 Å². The zero-order valence-corrected chi connectivity index (χ0v) is 11.3. The Morgan fingerprint density at radius 3 is 2.74 bits per heavy atom. The molecule has 2 saturated heterocycles. The molecule has 2 nitrogen and oxygen atoms in total. The first-order valence-corrected chi connectivity index (χ1v) is 7.10. The van der Waals surface area contributed by atoms with Crippen LogP contribution in [-0.4, -0.2) is 37.1 Å². The Bertz CT molecular complexity index is 475. The number of hydrogen-bond donors (Lipinski definition) is 0. The second-order valence-electron chi connectivity index (χ2n) is 5.68. The standard InChI is InChI=1S/C15H20F2N2/c1-11-8-14(17)15(9-13(11)16)19-7-6-18-5-3-2-4-12(18)10-19/h8-9,12H,2-7,10H2,1H3. The van der Waals surface area contributed by atoms with Crippen molar-refractivity contribution in [2.24, 2.45) is 0 Å². The number of hydrogen-bond acceptors (Lipinski definition) is 2. The van der Waals surface area contributed by atoms with E-state index in [1.165, 1.54) is 31.4 Å². The zero-order valence-electron chi connectivity index (χ0n) is 11.3. The molecule has 19 heavy (non-hydrogen) atoms. The Morgan fingerprint density at radius 1 is 1.05 bits per heavy atom. The van der Waals surface area contributed by atoms with Crippen LogP contribution in [0.4, 0.5) is 14.5 Å². The topological polar surface area (TPSA) is 6.48 Å². The predicted octanol–water partition coefficient (Wildman–Crippen LogP) is 2.95. The highest BCUT2D eigenvalue weighted by molar-refractivity contribution is 5.50. The van der Waals surface area contributed by atoms with Crippen LogP contribution in [0.5, 0.6) is 0 Å². The van der Waals surface area contributed by atoms with Gasteiger partial charge in [0.1, 0.15) is 11.6 Å². The molecule has 0 aromatic heterocycles. The number of fused-ring (bicyclic) bond motifs is 1. The highest BCUT2D eigenvalue weighted by atomic mass is 19.1. The monoisotopic (exact) mass is 266 g/mol. The van der Waals surface area contributed by atoms with Gasteiger partial charge in [0.25, 0.3) is 0 Å². The van der Waals surface area contributed by atoms with Gasteiger partial charge in [-0.1, -0.05) is 6.42 Å². The van der Waals surface area contributed by atoms with Crippen LogP contribution < -0.4 is 4.90 Å². The van der Waals surface area contributed by atoms with Crippen LogP contribution in [0.2, 0.25) is 0 Å². The molecular formula is C15H20F2N2. The van der Waals surface area contributed by atoms with E-state index in [0.29, 0.717) is 17.3 Å². The van der Waals surface area contributed by atoms with Crippen molar-refractivity contribution in [1.82, 2.24) is 4.90 Å². The number of piperazine rings is 1. The molecule has 0 spiro atoms. The maximum Gasteiger partial charge on any atom is 0.146 e. The van der Waals surface area contributed by atoms with E-state index in [9.17, 15) is 8.78 Å². The molecule has 104 valence electrons. The molecule has 0 aliphatic carbocycles. The molecule has 0 bridgehead atoms. The van der Waals surface area contributed by atoms with Crippen LogP contribution in [0.15, 0.2) is 12.1 Å². The molecule has 2 fully saturated rings. The van der Waals surface area contributed by atoms with Gasteiger partial charge >= 0.3 is 0 Å². The molecule has 2 aliphatic heterocycles. The first-order valence-electron chi connectivity index (χ1n) is 7.10. The molecule has 0 N–H and O–H groups in total. The number of nitrogens with zero attached hydrogens (tertiary/aromatic N) is 2. The third-order valence-corrected chi connectivity index (χ3v) is 4.41. The minimum absolute atomic E-state index is 0.303. The number of aryl methyl sites for hydroxylation is 1. The lowest BCUT2D eigenvalue weighted by molar-refractivity contribution is 0.133. The van der Waals surface area contributed by atoms with Gasteiger partial charge in [-0.25, -0.2) is 8.78 Å². The number of anilines is 1. The number of benzene rings is 1. The van der Waals surface area contributed by atoms with Crippen molar-refractivity contribution in [1.29, 1.82) is 0 Å². The van der Waals surface area contributed by atoms with E-state index in [-0.39, 0.29) is 11.6 Å². The summed E-state index contributed by atoms with van der Waals surface area (Å²) in [6, 6.07) is 3.16. The Balaban J connectivity index is 1.81. The smallest absolute Gasteiger partial charge is 0.146 e. The summed E-state index contributed by atoms with van der Waals surface area (Å²) in [7, 11) is 0. The molecule has 0 amide bonds. The van der Waals surface area contributed by atoms with E-state index in [1.807, 2.05) is 4.90 Å². The fourth-order valence-corrected chi connectivity index (χ4v) is 3.25. The van der Waals surface area contributed by atoms with Crippen LogP contribution in [0.25, 0.3) is 0 Å². The van der Waals surface area contributed by atoms with Crippen LogP contribution >= 0.6 is 0 Å². The summed E-state index contributed by atoms with van der Waals surface area (Å²) in [6.07, 6.45) is 3.69. The van der Waals surface area contributed by atoms with E-state index in [4.69, 9.17) is 0 Å². The van der Waals surface area contributed by atoms with Crippen LogP contribution in [-0.2, 0) is 0 Å². The molecular weight excluding hydrogens is 246 g/mol. The Hall–Kier alpha value is -1.16. The lowest BCUT2D eigenvalue weighted by Crippen LogP contribution is -2.55. The Labute approximate surface area is 113 Å². The summed E-state index contributed by atoms with van der Waals surface area (Å²) in [4.78, 5) is 4.49. The molecule has 2 heterocycles. The van der Waals surface area contributed by atoms with Crippen molar-refractivity contribution < 1.29 is 8.78 Å². The fourth-order valence-electron chi connectivity index (χ4n) is 3.25. The maximum atomic E-state index is 14.0. The molecule has 1 aromatic carbocycles. The first kappa shape index (κ1) is 12.9. The third-order valence-electron chi connectivity index (χ3n) is 4.41. The molecule has 1 aromatic rings. The van der Waals surface area contributed by atoms with Gasteiger partial charge in [0, 0.05) is 31.7 Å². The van der Waals surface area contributed by atoms with Crippen LogP contribution in [0.3, 0.4) is 0 Å². The molecule has 1 atom stereocenters. The van der Waals surface area contributed by atoms with Gasteiger partial charge in [-0.05, 0) is 37.9 Å². The second-order valence-corrected chi connectivity index (χ2v) is 5.68. The quantitative estimate of drug-likeness (QED) is 0.771. The van der Waals surface area contributed by atoms with Gasteiger partial charge in [-0.2, -0.15) is 0 Å². The fraction of sp³-hybridized carbons (Fsp3) is 0.600. The number of halogens is 2. The molecule has 4 heteroatoms. The third kappa shape index (κ3) is 2.46. The SMILES string of the molecule is Cc1cc(F)c(N2CCN3CCCCC3C2)cc1F. The van der Waals surface area contributed by atoms with Crippen LogP contribution in [0.1, 0.15) is 24.8 Å². The summed E-state index contributed by atoms with van der Waals surface area (Å²) in [5, 5.41) is 0. The first-order chi connectivity index (χ1) is 9.15. The van der Waals surface area contributed by atoms with Crippen molar-refractivity contribution in [3.63, 3.8) is 0 Å². The summed E-state index contributed by atoms with van der Waals surface area (Å²) in [5.41, 5.74) is 0.797. The number of piperidine rings is 1. The normalized spacial score (nSPS) is 24.4. The minimum atomic E-state index is -0.317.